The first-order chi connectivity index (χ1) is 8.36. The van der Waals surface area contributed by atoms with Crippen molar-refractivity contribution in [1.29, 1.82) is 0 Å². The molecular formula is C15H10IO+. The van der Waals surface area contributed by atoms with Crippen molar-refractivity contribution >= 4 is 5.78 Å². The number of hydrogen-bond donors (Lipinski definition) is 0. The fourth-order valence-corrected chi connectivity index (χ4v) is 2.73. The molecule has 17 heavy (non-hydrogen) atoms. The van der Waals surface area contributed by atoms with Crippen molar-refractivity contribution in [3.8, 4) is 9.85 Å². The van der Waals surface area contributed by atoms with Gasteiger partial charge in [0.2, 0.25) is 9.35 Å². The number of halogens is 1. The Morgan fingerprint density at radius 2 is 1.47 bits per heavy atom. The summed E-state index contributed by atoms with van der Waals surface area (Å²) in [5.41, 5.74) is 0.664. The van der Waals surface area contributed by atoms with E-state index in [4.69, 9.17) is 0 Å². The summed E-state index contributed by atoms with van der Waals surface area (Å²) < 4.78 is 4.25. The van der Waals surface area contributed by atoms with E-state index in [2.05, 4.69) is 22.0 Å². The topological polar surface area (TPSA) is 17.1 Å². The number of rotatable bonds is 2. The quantitative estimate of drug-likeness (QED) is 0.422. The fraction of sp³-hybridized carbons (Fsp3) is 0. The molecule has 0 fully saturated rings. The Labute approximate surface area is 111 Å². The van der Waals surface area contributed by atoms with Crippen molar-refractivity contribution in [3.63, 3.8) is 0 Å². The van der Waals surface area contributed by atoms with Gasteiger partial charge in [-0.25, -0.2) is 0 Å². The van der Waals surface area contributed by atoms with Gasteiger partial charge in [0.25, 0.3) is 0 Å². The second kappa shape index (κ2) is 6.21. The van der Waals surface area contributed by atoms with E-state index in [0.29, 0.717) is 5.56 Å². The van der Waals surface area contributed by atoms with Gasteiger partial charge in [0.1, 0.15) is 0 Å². The van der Waals surface area contributed by atoms with E-state index in [1.54, 1.807) is 12.1 Å². The van der Waals surface area contributed by atoms with E-state index in [-0.39, 0.29) is 27.0 Å². The van der Waals surface area contributed by atoms with E-state index < -0.39 is 0 Å². The van der Waals surface area contributed by atoms with Crippen molar-refractivity contribution in [2.75, 3.05) is 0 Å². The van der Waals surface area contributed by atoms with Gasteiger partial charge in [-0.3, -0.25) is 4.79 Å². The van der Waals surface area contributed by atoms with Crippen molar-refractivity contribution in [2.45, 2.75) is 0 Å². The molecule has 2 heteroatoms. The molecule has 0 saturated heterocycles. The van der Waals surface area contributed by atoms with Crippen LogP contribution in [0.3, 0.4) is 0 Å². The molecule has 0 atom stereocenters. The zero-order chi connectivity index (χ0) is 11.9. The van der Waals surface area contributed by atoms with Crippen LogP contribution in [-0.2, 0) is 0 Å². The summed E-state index contributed by atoms with van der Waals surface area (Å²) in [5, 5.41) is 0. The van der Waals surface area contributed by atoms with Crippen LogP contribution in [0, 0.1) is 13.4 Å². The standard InChI is InChI=1S/C15H10IO/c17-15(13-7-3-1-4-8-13)11-12-16-14-9-5-2-6-10-14/h1-10H/q+1. The Morgan fingerprint density at radius 1 is 0.882 bits per heavy atom. The van der Waals surface area contributed by atoms with Gasteiger partial charge in [0, 0.05) is 11.5 Å². The largest absolute Gasteiger partial charge is 0.420 e. The molecule has 0 unspecified atom stereocenters. The van der Waals surface area contributed by atoms with E-state index in [9.17, 15) is 4.79 Å². The summed E-state index contributed by atoms with van der Waals surface area (Å²) in [5.74, 6) is 2.61. The van der Waals surface area contributed by atoms with Crippen molar-refractivity contribution in [3.05, 3.63) is 69.8 Å². The van der Waals surface area contributed by atoms with Crippen LogP contribution in [-0.4, -0.2) is 5.78 Å². The molecule has 0 aliphatic carbocycles. The maximum Gasteiger partial charge on any atom is 0.420 e. The highest BCUT2D eigenvalue weighted by Gasteiger charge is 2.08. The average molecular weight is 333 g/mol. The van der Waals surface area contributed by atoms with Gasteiger partial charge in [-0.1, -0.05) is 48.5 Å². The molecule has 0 aromatic heterocycles. The van der Waals surface area contributed by atoms with Crippen LogP contribution in [0.15, 0.2) is 60.7 Å². The van der Waals surface area contributed by atoms with E-state index in [0.717, 1.165) is 0 Å². The van der Waals surface area contributed by atoms with Gasteiger partial charge in [0.15, 0.2) is 3.93 Å². The second-order valence-corrected chi connectivity index (χ2v) is 5.63. The lowest BCUT2D eigenvalue weighted by atomic mass is 10.1. The highest BCUT2D eigenvalue weighted by atomic mass is 127. The third-order valence-corrected chi connectivity index (χ3v) is 3.97. The van der Waals surface area contributed by atoms with E-state index in [1.165, 1.54) is 3.57 Å². The maximum atomic E-state index is 11.7. The average Bonchev–Trinajstić information content (AvgIpc) is 2.41. The molecule has 0 aliphatic heterocycles. The smallest absolute Gasteiger partial charge is 0.279 e. The fourth-order valence-electron chi connectivity index (χ4n) is 1.26. The number of Topliss-reactive ketones (excluding diaryl/α,β-unsaturated/α-hetero) is 1. The van der Waals surface area contributed by atoms with Crippen molar-refractivity contribution in [1.82, 2.24) is 0 Å². The first-order valence-electron chi connectivity index (χ1n) is 5.15. The van der Waals surface area contributed by atoms with Gasteiger partial charge < -0.3 is 0 Å². The van der Waals surface area contributed by atoms with Crippen LogP contribution in [0.2, 0.25) is 0 Å². The second-order valence-electron chi connectivity index (χ2n) is 3.30. The first kappa shape index (κ1) is 11.9. The van der Waals surface area contributed by atoms with Crippen LogP contribution < -0.4 is 21.2 Å². The Balaban J connectivity index is 2.01. The highest BCUT2D eigenvalue weighted by Crippen LogP contribution is 1.97. The molecule has 2 aromatic carbocycles. The van der Waals surface area contributed by atoms with Crippen LogP contribution in [0.5, 0.6) is 0 Å². The number of ketones is 1. The summed E-state index contributed by atoms with van der Waals surface area (Å²) in [7, 11) is 0. The lowest BCUT2D eigenvalue weighted by Gasteiger charge is -1.88. The molecular weight excluding hydrogens is 323 g/mol. The highest BCUT2D eigenvalue weighted by molar-refractivity contribution is 6.08. The van der Waals surface area contributed by atoms with E-state index >= 15 is 0 Å². The molecule has 0 saturated carbocycles. The number of hydrogen-bond acceptors (Lipinski definition) is 1. The van der Waals surface area contributed by atoms with E-state index in [1.807, 2.05) is 36.4 Å². The third-order valence-electron chi connectivity index (χ3n) is 2.09. The Bertz CT molecular complexity index is 550. The van der Waals surface area contributed by atoms with Crippen LogP contribution in [0.4, 0.5) is 0 Å². The molecule has 1 nitrogen and oxygen atoms in total. The monoisotopic (exact) mass is 333 g/mol. The maximum absolute atomic E-state index is 11.7. The summed E-state index contributed by atoms with van der Waals surface area (Å²) in [6.07, 6.45) is 0. The molecule has 0 heterocycles. The molecule has 82 valence electrons. The molecule has 2 rings (SSSR count). The lowest BCUT2D eigenvalue weighted by molar-refractivity contribution is -0.535. The SMILES string of the molecule is O=C(C#C[I+]c1ccccc1)c1ccccc1. The third kappa shape index (κ3) is 3.72. The van der Waals surface area contributed by atoms with Crippen molar-refractivity contribution < 1.29 is 26.0 Å². The van der Waals surface area contributed by atoms with Gasteiger partial charge >= 0.3 is 21.2 Å². The minimum absolute atomic E-state index is 0.0961. The molecule has 0 bridgehead atoms. The Morgan fingerprint density at radius 3 is 2.12 bits per heavy atom. The summed E-state index contributed by atoms with van der Waals surface area (Å²) in [4.78, 5) is 11.7. The molecule has 0 aliphatic rings. The summed E-state index contributed by atoms with van der Waals surface area (Å²) in [6.45, 7) is 0. The summed E-state index contributed by atoms with van der Waals surface area (Å²) in [6, 6.07) is 19.2. The van der Waals surface area contributed by atoms with Gasteiger partial charge in [-0.2, -0.15) is 0 Å². The van der Waals surface area contributed by atoms with Gasteiger partial charge in [-0.15, -0.1) is 0 Å². The molecule has 2 aromatic rings. The Hall–Kier alpha value is -1.60. The minimum atomic E-state index is -0.381. The normalized spacial score (nSPS) is 9.18. The predicted molar refractivity (Wildman–Crippen MR) is 63.7 cm³/mol. The minimum Gasteiger partial charge on any atom is -0.279 e. The number of carbonyl (C=O) groups is 1. The van der Waals surface area contributed by atoms with Crippen molar-refractivity contribution in [2.24, 2.45) is 0 Å². The zero-order valence-corrected chi connectivity index (χ0v) is 11.2. The number of carbonyl (C=O) groups excluding carboxylic acids is 1. The summed E-state index contributed by atoms with van der Waals surface area (Å²) >= 11 is -0.381. The van der Waals surface area contributed by atoms with Crippen LogP contribution >= 0.6 is 0 Å². The van der Waals surface area contributed by atoms with Gasteiger partial charge in [0.05, 0.1) is 0 Å². The number of benzene rings is 2. The Kier molecular flexibility index (Phi) is 4.34. The van der Waals surface area contributed by atoms with Crippen LogP contribution in [0.25, 0.3) is 0 Å². The first-order valence-corrected chi connectivity index (χ1v) is 7.31. The van der Waals surface area contributed by atoms with Crippen LogP contribution in [0.1, 0.15) is 10.4 Å². The molecule has 0 amide bonds. The lowest BCUT2D eigenvalue weighted by Crippen LogP contribution is -3.59. The molecule has 0 spiro atoms. The molecule has 0 N–H and O–H groups in total. The predicted octanol–water partition coefficient (Wildman–Crippen LogP) is -0.211. The molecule has 0 radical (unpaired) electrons. The van der Waals surface area contributed by atoms with Gasteiger partial charge in [-0.05, 0) is 12.1 Å². The zero-order valence-electron chi connectivity index (χ0n) is 9.06.